The first-order valence-electron chi connectivity index (χ1n) is 6.44. The van der Waals surface area contributed by atoms with Crippen molar-refractivity contribution in [1.82, 2.24) is 4.90 Å². The number of carbonyl (C=O) groups excluding carboxylic acids is 1. The second kappa shape index (κ2) is 9.04. The molecule has 0 atom stereocenters. The van der Waals surface area contributed by atoms with Gasteiger partial charge in [0.1, 0.15) is 0 Å². The number of rotatable bonds is 5. The molecule has 0 unspecified atom stereocenters. The summed E-state index contributed by atoms with van der Waals surface area (Å²) in [7, 11) is 0. The zero-order chi connectivity index (χ0) is 13.5. The molecular formula is C16H16BrNOZn. The predicted octanol–water partition coefficient (Wildman–Crippen LogP) is 0.184. The van der Waals surface area contributed by atoms with Crippen LogP contribution < -0.4 is 17.0 Å². The van der Waals surface area contributed by atoms with Gasteiger partial charge in [-0.25, -0.2) is 0 Å². The molecule has 1 amide bonds. The van der Waals surface area contributed by atoms with Gasteiger partial charge in [0.15, 0.2) is 0 Å². The van der Waals surface area contributed by atoms with Crippen molar-refractivity contribution in [1.29, 1.82) is 0 Å². The van der Waals surface area contributed by atoms with Gasteiger partial charge in [-0.1, -0.05) is 0 Å². The summed E-state index contributed by atoms with van der Waals surface area (Å²) >= 11 is 1.01. The molecule has 0 aliphatic heterocycles. The van der Waals surface area contributed by atoms with Crippen molar-refractivity contribution in [2.75, 3.05) is 0 Å². The molecule has 0 N–H and O–H groups in total. The van der Waals surface area contributed by atoms with E-state index in [1.54, 1.807) is 0 Å². The Bertz CT molecular complexity index is 477. The summed E-state index contributed by atoms with van der Waals surface area (Å²) in [5.41, 5.74) is 2.36. The Hall–Kier alpha value is -0.987. The number of hydrogen-bond acceptors (Lipinski definition) is 1. The van der Waals surface area contributed by atoms with E-state index in [1.165, 1.54) is 11.1 Å². The molecule has 100 valence electrons. The number of halogens is 1. The summed E-state index contributed by atoms with van der Waals surface area (Å²) in [6, 6.07) is 20.3. The van der Waals surface area contributed by atoms with E-state index in [0.717, 1.165) is 18.3 Å². The van der Waals surface area contributed by atoms with E-state index >= 15 is 0 Å². The molecule has 0 aliphatic rings. The van der Waals surface area contributed by atoms with Gasteiger partial charge in [0, 0.05) is 0 Å². The molecule has 20 heavy (non-hydrogen) atoms. The van der Waals surface area contributed by atoms with Crippen LogP contribution >= 0.6 is 0 Å². The second-order valence-corrected chi connectivity index (χ2v) is 5.52. The maximum atomic E-state index is 12.1. The summed E-state index contributed by atoms with van der Waals surface area (Å²) < 4.78 is 0. The van der Waals surface area contributed by atoms with Crippen molar-refractivity contribution >= 4 is 5.91 Å². The number of hydrogen-bond donors (Lipinski definition) is 0. The Labute approximate surface area is 140 Å². The summed E-state index contributed by atoms with van der Waals surface area (Å²) in [4.78, 5) is 14.0. The van der Waals surface area contributed by atoms with E-state index in [9.17, 15) is 4.79 Å². The number of amides is 1. The van der Waals surface area contributed by atoms with E-state index in [0.29, 0.717) is 18.1 Å². The molecule has 0 heterocycles. The summed E-state index contributed by atoms with van der Waals surface area (Å²) in [5, 5.41) is 0.666. The monoisotopic (exact) mass is 381 g/mol. The van der Waals surface area contributed by atoms with Crippen LogP contribution in [0.5, 0.6) is 0 Å². The number of benzene rings is 2. The van der Waals surface area contributed by atoms with Crippen molar-refractivity contribution in [3.63, 3.8) is 0 Å². The van der Waals surface area contributed by atoms with Crippen molar-refractivity contribution < 1.29 is 40.1 Å². The quantitative estimate of drug-likeness (QED) is 0.675. The second-order valence-electron chi connectivity index (χ2n) is 4.47. The van der Waals surface area contributed by atoms with Crippen LogP contribution in [0.4, 0.5) is 0 Å². The van der Waals surface area contributed by atoms with Gasteiger partial charge in [0.2, 0.25) is 0 Å². The minimum absolute atomic E-state index is 0. The van der Waals surface area contributed by atoms with Crippen LogP contribution in [0.15, 0.2) is 60.7 Å². The molecule has 0 bridgehead atoms. The molecule has 2 nitrogen and oxygen atoms in total. The fourth-order valence-corrected chi connectivity index (χ4v) is 2.66. The average Bonchev–Trinajstić information content (AvgIpc) is 2.48. The maximum absolute atomic E-state index is 12.1. The van der Waals surface area contributed by atoms with Crippen LogP contribution in [0.3, 0.4) is 0 Å². The molecule has 0 spiro atoms. The summed E-state index contributed by atoms with van der Waals surface area (Å²) in [6.45, 7) is 1.38. The normalized spacial score (nSPS) is 9.70. The van der Waals surface area contributed by atoms with Gasteiger partial charge in [-0.15, -0.1) is 0 Å². The van der Waals surface area contributed by atoms with Crippen molar-refractivity contribution in [3.8, 4) is 0 Å². The van der Waals surface area contributed by atoms with Crippen LogP contribution in [-0.2, 0) is 36.2 Å². The third-order valence-corrected chi connectivity index (χ3v) is 3.90. The Balaban J connectivity index is 0.00000200. The predicted molar refractivity (Wildman–Crippen MR) is 71.9 cm³/mol. The third-order valence-electron chi connectivity index (χ3n) is 3.00. The molecule has 2 aromatic carbocycles. The molecule has 0 aromatic heterocycles. The number of carbonyl (C=O) groups is 1. The minimum Gasteiger partial charge on any atom is -1.00 e. The van der Waals surface area contributed by atoms with Gasteiger partial charge in [-0.2, -0.15) is 0 Å². The summed E-state index contributed by atoms with van der Waals surface area (Å²) in [6.07, 6.45) is 0. The smallest absolute Gasteiger partial charge is 1.00 e. The van der Waals surface area contributed by atoms with Gasteiger partial charge in [0.05, 0.1) is 0 Å². The first-order chi connectivity index (χ1) is 9.29. The van der Waals surface area contributed by atoms with Crippen LogP contribution in [0.25, 0.3) is 0 Å². The Morgan fingerprint density at radius 1 is 0.850 bits per heavy atom. The van der Waals surface area contributed by atoms with E-state index in [1.807, 2.05) is 41.3 Å². The Kier molecular flexibility index (Phi) is 7.72. The molecular weight excluding hydrogens is 367 g/mol. The molecule has 0 saturated heterocycles. The summed E-state index contributed by atoms with van der Waals surface area (Å²) in [5.74, 6) is 0.243. The van der Waals surface area contributed by atoms with E-state index < -0.39 is 0 Å². The van der Waals surface area contributed by atoms with Crippen molar-refractivity contribution in [3.05, 3.63) is 71.8 Å². The van der Waals surface area contributed by atoms with Gasteiger partial charge >= 0.3 is 124 Å². The molecule has 0 radical (unpaired) electrons. The zero-order valence-corrected chi connectivity index (χ0v) is 15.9. The van der Waals surface area contributed by atoms with Gasteiger partial charge in [-0.05, 0) is 0 Å². The standard InChI is InChI=1S/C16H16NO.BrH.Zn/c1-14(18)17(12-15-8-4-2-5-9-15)13-16-10-6-3-7-11-16;;/h2-11H,1,12-13H2;1H;/q;;+1/p-1. The third kappa shape index (κ3) is 5.18. The number of nitrogens with zero attached hydrogens (tertiary/aromatic N) is 1. The Morgan fingerprint density at radius 3 is 1.60 bits per heavy atom. The molecule has 2 aromatic rings. The minimum atomic E-state index is 0. The van der Waals surface area contributed by atoms with E-state index in [2.05, 4.69) is 24.3 Å². The van der Waals surface area contributed by atoms with Crippen LogP contribution in [0.2, 0.25) is 5.02 Å². The first kappa shape index (κ1) is 17.1. The molecule has 0 aliphatic carbocycles. The topological polar surface area (TPSA) is 20.3 Å². The molecule has 4 heteroatoms. The Morgan fingerprint density at radius 2 is 1.25 bits per heavy atom. The van der Waals surface area contributed by atoms with E-state index in [-0.39, 0.29) is 22.9 Å². The zero-order valence-electron chi connectivity index (χ0n) is 11.3. The van der Waals surface area contributed by atoms with Crippen LogP contribution in [0.1, 0.15) is 11.1 Å². The fourth-order valence-electron chi connectivity index (χ4n) is 2.00. The van der Waals surface area contributed by atoms with Crippen LogP contribution in [-0.4, -0.2) is 10.8 Å². The SMILES string of the molecule is O=C([CH2][Zn+])N(Cc1ccccc1)Cc1ccccc1.[Br-]. The fraction of sp³-hybridized carbons (Fsp3) is 0.188. The van der Waals surface area contributed by atoms with Crippen LogP contribution in [0, 0.1) is 0 Å². The van der Waals surface area contributed by atoms with Gasteiger partial charge < -0.3 is 17.0 Å². The first-order valence-corrected chi connectivity index (χ1v) is 8.54. The van der Waals surface area contributed by atoms with Crippen molar-refractivity contribution in [2.45, 2.75) is 18.1 Å². The largest absolute Gasteiger partial charge is 1.00 e. The van der Waals surface area contributed by atoms with Crippen molar-refractivity contribution in [2.24, 2.45) is 0 Å². The molecule has 0 saturated carbocycles. The van der Waals surface area contributed by atoms with E-state index in [4.69, 9.17) is 0 Å². The molecule has 2 rings (SSSR count). The van der Waals surface area contributed by atoms with Gasteiger partial charge in [-0.3, -0.25) is 0 Å². The maximum Gasteiger partial charge on any atom is -1.00 e. The molecule has 0 fully saturated rings. The van der Waals surface area contributed by atoms with Gasteiger partial charge in [0.25, 0.3) is 0 Å². The average molecular weight is 384 g/mol.